The third-order valence-electron chi connectivity index (χ3n) is 1.13. The SMILES string of the molecule is Cc1cccc(NCl)c1. The zero-order valence-corrected chi connectivity index (χ0v) is 5.94. The van der Waals surface area contributed by atoms with Gasteiger partial charge in [-0.25, -0.2) is 0 Å². The Labute approximate surface area is 59.8 Å². The first-order valence-electron chi connectivity index (χ1n) is 2.76. The average Bonchev–Trinajstić information content (AvgIpc) is 1.88. The van der Waals surface area contributed by atoms with Crippen LogP contribution in [0.1, 0.15) is 5.56 Å². The molecule has 1 aromatic rings. The van der Waals surface area contributed by atoms with Crippen molar-refractivity contribution in [2.24, 2.45) is 0 Å². The smallest absolute Gasteiger partial charge is 0.0494 e. The van der Waals surface area contributed by atoms with Crippen molar-refractivity contribution >= 4 is 17.5 Å². The Morgan fingerprint density at radius 2 is 2.22 bits per heavy atom. The van der Waals surface area contributed by atoms with Crippen LogP contribution in [0.4, 0.5) is 5.69 Å². The van der Waals surface area contributed by atoms with Crippen LogP contribution in [0.15, 0.2) is 24.3 Å². The van der Waals surface area contributed by atoms with E-state index in [1.807, 2.05) is 31.2 Å². The van der Waals surface area contributed by atoms with E-state index in [9.17, 15) is 0 Å². The van der Waals surface area contributed by atoms with Crippen LogP contribution in [0.25, 0.3) is 0 Å². The number of nitrogens with one attached hydrogen (secondary N) is 1. The van der Waals surface area contributed by atoms with Crippen molar-refractivity contribution in [2.75, 3.05) is 4.84 Å². The van der Waals surface area contributed by atoms with Gasteiger partial charge in [-0.1, -0.05) is 12.1 Å². The molecule has 0 spiro atoms. The predicted molar refractivity (Wildman–Crippen MR) is 40.7 cm³/mol. The van der Waals surface area contributed by atoms with Crippen molar-refractivity contribution in [1.29, 1.82) is 0 Å². The number of halogens is 1. The van der Waals surface area contributed by atoms with Gasteiger partial charge in [0, 0.05) is 17.5 Å². The van der Waals surface area contributed by atoms with Gasteiger partial charge in [0.1, 0.15) is 0 Å². The van der Waals surface area contributed by atoms with Crippen LogP contribution in [0.2, 0.25) is 0 Å². The first kappa shape index (κ1) is 6.43. The molecule has 0 aliphatic heterocycles. The van der Waals surface area contributed by atoms with E-state index in [4.69, 9.17) is 11.8 Å². The highest BCUT2D eigenvalue weighted by Crippen LogP contribution is 2.09. The van der Waals surface area contributed by atoms with E-state index >= 15 is 0 Å². The third-order valence-corrected chi connectivity index (χ3v) is 1.35. The Morgan fingerprint density at radius 1 is 1.44 bits per heavy atom. The van der Waals surface area contributed by atoms with Gasteiger partial charge in [-0.05, 0) is 24.6 Å². The Kier molecular flexibility index (Phi) is 1.96. The molecule has 0 fully saturated rings. The minimum atomic E-state index is 0.941. The fourth-order valence-electron chi connectivity index (χ4n) is 0.704. The highest BCUT2D eigenvalue weighted by atomic mass is 35.5. The van der Waals surface area contributed by atoms with E-state index in [-0.39, 0.29) is 0 Å². The minimum Gasteiger partial charge on any atom is -0.299 e. The fourth-order valence-corrected chi connectivity index (χ4v) is 0.821. The van der Waals surface area contributed by atoms with Gasteiger partial charge in [0.05, 0.1) is 0 Å². The molecule has 1 rings (SSSR count). The molecule has 0 amide bonds. The maximum atomic E-state index is 5.35. The fraction of sp³-hybridized carbons (Fsp3) is 0.143. The van der Waals surface area contributed by atoms with E-state index in [1.165, 1.54) is 5.56 Å². The molecular formula is C7H8ClN. The number of anilines is 1. The van der Waals surface area contributed by atoms with Gasteiger partial charge in [0.15, 0.2) is 0 Å². The summed E-state index contributed by atoms with van der Waals surface area (Å²) in [5, 5.41) is 0. The first-order chi connectivity index (χ1) is 4.33. The lowest BCUT2D eigenvalue weighted by Gasteiger charge is -1.96. The molecule has 0 radical (unpaired) electrons. The maximum absolute atomic E-state index is 5.35. The number of hydrogen-bond donors (Lipinski definition) is 1. The molecule has 0 bridgehead atoms. The van der Waals surface area contributed by atoms with Crippen molar-refractivity contribution in [2.45, 2.75) is 6.92 Å². The highest BCUT2D eigenvalue weighted by molar-refractivity contribution is 6.23. The summed E-state index contributed by atoms with van der Waals surface area (Å²) in [6, 6.07) is 7.88. The number of hydrogen-bond acceptors (Lipinski definition) is 1. The topological polar surface area (TPSA) is 12.0 Å². The lowest BCUT2D eigenvalue weighted by Crippen LogP contribution is -1.79. The standard InChI is InChI=1S/C7H8ClN/c1-6-3-2-4-7(5-6)9-8/h2-5,9H,1H3. The summed E-state index contributed by atoms with van der Waals surface area (Å²) in [5.74, 6) is 0. The Morgan fingerprint density at radius 3 is 2.67 bits per heavy atom. The molecule has 0 aliphatic carbocycles. The summed E-state index contributed by atoms with van der Waals surface area (Å²) >= 11 is 5.35. The van der Waals surface area contributed by atoms with E-state index in [1.54, 1.807) is 0 Å². The van der Waals surface area contributed by atoms with Crippen molar-refractivity contribution in [3.8, 4) is 0 Å². The molecule has 0 saturated heterocycles. The summed E-state index contributed by atoms with van der Waals surface area (Å²) in [6.07, 6.45) is 0. The normalized spacial score (nSPS) is 9.11. The van der Waals surface area contributed by atoms with E-state index < -0.39 is 0 Å². The van der Waals surface area contributed by atoms with Crippen molar-refractivity contribution in [3.05, 3.63) is 29.8 Å². The van der Waals surface area contributed by atoms with Crippen molar-refractivity contribution in [1.82, 2.24) is 0 Å². The number of rotatable bonds is 1. The van der Waals surface area contributed by atoms with Crippen LogP contribution in [0.5, 0.6) is 0 Å². The second-order valence-corrected chi connectivity index (χ2v) is 2.15. The molecule has 0 saturated carbocycles. The lowest BCUT2D eigenvalue weighted by molar-refractivity contribution is 1.47. The van der Waals surface area contributed by atoms with Crippen LogP contribution >= 0.6 is 11.8 Å². The van der Waals surface area contributed by atoms with Crippen LogP contribution in [-0.2, 0) is 0 Å². The zero-order chi connectivity index (χ0) is 6.69. The molecule has 2 heteroatoms. The summed E-state index contributed by atoms with van der Waals surface area (Å²) in [7, 11) is 0. The highest BCUT2D eigenvalue weighted by Gasteiger charge is 1.85. The molecule has 0 heterocycles. The lowest BCUT2D eigenvalue weighted by atomic mass is 10.2. The van der Waals surface area contributed by atoms with Gasteiger partial charge in [0.2, 0.25) is 0 Å². The van der Waals surface area contributed by atoms with Gasteiger partial charge in [-0.3, -0.25) is 4.84 Å². The van der Waals surface area contributed by atoms with Crippen LogP contribution in [0.3, 0.4) is 0 Å². The molecule has 1 N–H and O–H groups in total. The molecule has 0 atom stereocenters. The van der Waals surface area contributed by atoms with E-state index in [2.05, 4.69) is 4.84 Å². The number of aryl methyl sites for hydroxylation is 1. The molecule has 1 nitrogen and oxygen atoms in total. The van der Waals surface area contributed by atoms with Gasteiger partial charge < -0.3 is 0 Å². The second kappa shape index (κ2) is 2.74. The Balaban J connectivity index is 2.94. The summed E-state index contributed by atoms with van der Waals surface area (Å²) in [6.45, 7) is 2.03. The van der Waals surface area contributed by atoms with Gasteiger partial charge in [-0.2, -0.15) is 0 Å². The summed E-state index contributed by atoms with van der Waals surface area (Å²) < 4.78 is 0. The average molecular weight is 142 g/mol. The zero-order valence-electron chi connectivity index (χ0n) is 5.19. The van der Waals surface area contributed by atoms with Crippen LogP contribution in [-0.4, -0.2) is 0 Å². The molecule has 0 aliphatic rings. The summed E-state index contributed by atoms with van der Waals surface area (Å²) in [5.41, 5.74) is 2.15. The van der Waals surface area contributed by atoms with Gasteiger partial charge in [0.25, 0.3) is 0 Å². The van der Waals surface area contributed by atoms with Gasteiger partial charge in [-0.15, -0.1) is 0 Å². The summed E-state index contributed by atoms with van der Waals surface area (Å²) in [4.78, 5) is 2.54. The van der Waals surface area contributed by atoms with Crippen LogP contribution < -0.4 is 4.84 Å². The number of benzene rings is 1. The van der Waals surface area contributed by atoms with Crippen molar-refractivity contribution < 1.29 is 0 Å². The molecule has 0 aromatic heterocycles. The Bertz CT molecular complexity index is 198. The Hall–Kier alpha value is -0.690. The maximum Gasteiger partial charge on any atom is 0.0494 e. The quantitative estimate of drug-likeness (QED) is 0.593. The second-order valence-electron chi connectivity index (χ2n) is 1.96. The van der Waals surface area contributed by atoms with E-state index in [0.717, 1.165) is 5.69 Å². The van der Waals surface area contributed by atoms with Crippen LogP contribution in [0, 0.1) is 6.92 Å². The molecule has 0 unspecified atom stereocenters. The third kappa shape index (κ3) is 1.61. The first-order valence-corrected chi connectivity index (χ1v) is 3.14. The monoisotopic (exact) mass is 141 g/mol. The van der Waals surface area contributed by atoms with Crippen molar-refractivity contribution in [3.63, 3.8) is 0 Å². The minimum absolute atomic E-state index is 0.941. The van der Waals surface area contributed by atoms with Gasteiger partial charge >= 0.3 is 0 Å². The largest absolute Gasteiger partial charge is 0.299 e. The molecular weight excluding hydrogens is 134 g/mol. The molecule has 48 valence electrons. The molecule has 9 heavy (non-hydrogen) atoms. The van der Waals surface area contributed by atoms with E-state index in [0.29, 0.717) is 0 Å². The molecule has 1 aromatic carbocycles. The predicted octanol–water partition coefficient (Wildman–Crippen LogP) is 2.56.